The molecule has 0 spiro atoms. The van der Waals surface area contributed by atoms with Gasteiger partial charge in [-0.25, -0.2) is 9.97 Å². The first-order chi connectivity index (χ1) is 9.33. The zero-order valence-corrected chi connectivity index (χ0v) is 11.9. The van der Waals surface area contributed by atoms with Gasteiger partial charge in [0.1, 0.15) is 5.76 Å². The molecular formula is C13H17N5O2. The van der Waals surface area contributed by atoms with E-state index in [4.69, 9.17) is 4.52 Å². The zero-order chi connectivity index (χ0) is 14.8. The molecule has 106 valence electrons. The van der Waals surface area contributed by atoms with Gasteiger partial charge in [-0.2, -0.15) is 0 Å². The maximum Gasteiger partial charge on any atom is 0.260 e. The summed E-state index contributed by atoms with van der Waals surface area (Å²) in [5, 5.41) is 9.41. The van der Waals surface area contributed by atoms with Crippen molar-refractivity contribution < 1.29 is 9.32 Å². The van der Waals surface area contributed by atoms with E-state index in [0.717, 1.165) is 0 Å². The van der Waals surface area contributed by atoms with Crippen LogP contribution in [0.1, 0.15) is 36.9 Å². The summed E-state index contributed by atoms with van der Waals surface area (Å²) >= 11 is 0. The van der Waals surface area contributed by atoms with Gasteiger partial charge in [-0.05, 0) is 27.7 Å². The van der Waals surface area contributed by atoms with Crippen molar-refractivity contribution in [3.63, 3.8) is 0 Å². The molecule has 20 heavy (non-hydrogen) atoms. The number of nitrogens with zero attached hydrogens (tertiary/aromatic N) is 3. The molecule has 0 aromatic carbocycles. The summed E-state index contributed by atoms with van der Waals surface area (Å²) in [5.41, 5.74) is 0.215. The highest BCUT2D eigenvalue weighted by Crippen LogP contribution is 2.11. The van der Waals surface area contributed by atoms with Crippen LogP contribution in [-0.4, -0.2) is 26.6 Å². The highest BCUT2D eigenvalue weighted by Gasteiger charge is 2.13. The maximum atomic E-state index is 11.9. The number of carbonyl (C=O) groups is 1. The summed E-state index contributed by atoms with van der Waals surface area (Å²) < 4.78 is 4.87. The van der Waals surface area contributed by atoms with Gasteiger partial charge in [-0.15, -0.1) is 0 Å². The lowest BCUT2D eigenvalue weighted by molar-refractivity contribution is 0.102. The Bertz CT molecular complexity index is 598. The van der Waals surface area contributed by atoms with Crippen molar-refractivity contribution in [1.29, 1.82) is 0 Å². The molecule has 2 heterocycles. The van der Waals surface area contributed by atoms with E-state index in [1.54, 1.807) is 13.0 Å². The number of aryl methyl sites for hydroxylation is 1. The fourth-order valence-corrected chi connectivity index (χ4v) is 1.46. The average Bonchev–Trinajstić information content (AvgIpc) is 2.73. The maximum absolute atomic E-state index is 11.9. The summed E-state index contributed by atoms with van der Waals surface area (Å²) in [6.45, 7) is 7.76. The van der Waals surface area contributed by atoms with Crippen LogP contribution in [0, 0.1) is 6.92 Å². The Morgan fingerprint density at radius 1 is 1.25 bits per heavy atom. The molecule has 7 nitrogen and oxygen atoms in total. The number of carbonyl (C=O) groups excluding carboxylic acids is 1. The molecule has 7 heteroatoms. The van der Waals surface area contributed by atoms with Crippen LogP contribution in [0.4, 0.5) is 11.8 Å². The average molecular weight is 275 g/mol. The molecular weight excluding hydrogens is 258 g/mol. The number of hydrogen-bond donors (Lipinski definition) is 2. The smallest absolute Gasteiger partial charge is 0.260 e. The van der Waals surface area contributed by atoms with Gasteiger partial charge in [0.05, 0.1) is 5.56 Å². The first kappa shape index (κ1) is 14.0. The van der Waals surface area contributed by atoms with Gasteiger partial charge in [0, 0.05) is 24.0 Å². The standard InChI is InChI=1S/C13H17N5O2/c1-8-5-10(18-20-8)16-11(19)9-6-14-12(15-7-9)17-13(2,3)4/h5-7H,1-4H3,(H,14,15,17)(H,16,18,19). The third-order valence-corrected chi connectivity index (χ3v) is 2.27. The molecule has 0 radical (unpaired) electrons. The second kappa shape index (κ2) is 5.28. The van der Waals surface area contributed by atoms with Crippen molar-refractivity contribution in [2.45, 2.75) is 33.2 Å². The summed E-state index contributed by atoms with van der Waals surface area (Å²) in [7, 11) is 0. The monoisotopic (exact) mass is 275 g/mol. The van der Waals surface area contributed by atoms with E-state index < -0.39 is 0 Å². The minimum atomic E-state index is -0.333. The van der Waals surface area contributed by atoms with Crippen LogP contribution in [0.5, 0.6) is 0 Å². The second-order valence-corrected chi connectivity index (χ2v) is 5.45. The van der Waals surface area contributed by atoms with Gasteiger partial charge in [0.25, 0.3) is 5.91 Å². The SMILES string of the molecule is Cc1cc(NC(=O)c2cnc(NC(C)(C)C)nc2)no1. The predicted molar refractivity (Wildman–Crippen MR) is 74.6 cm³/mol. The quantitative estimate of drug-likeness (QED) is 0.892. The van der Waals surface area contributed by atoms with Crippen molar-refractivity contribution in [2.24, 2.45) is 0 Å². The van der Waals surface area contributed by atoms with E-state index in [1.165, 1.54) is 12.4 Å². The van der Waals surface area contributed by atoms with Crippen molar-refractivity contribution in [3.8, 4) is 0 Å². The molecule has 0 fully saturated rings. The molecule has 0 bridgehead atoms. The third-order valence-electron chi connectivity index (χ3n) is 2.27. The highest BCUT2D eigenvalue weighted by atomic mass is 16.5. The Labute approximate surface area is 116 Å². The Morgan fingerprint density at radius 3 is 2.40 bits per heavy atom. The Morgan fingerprint density at radius 2 is 1.90 bits per heavy atom. The van der Waals surface area contributed by atoms with E-state index in [-0.39, 0.29) is 11.4 Å². The van der Waals surface area contributed by atoms with Gasteiger partial charge in [0.2, 0.25) is 5.95 Å². The fraction of sp³-hybridized carbons (Fsp3) is 0.385. The predicted octanol–water partition coefficient (Wildman–Crippen LogP) is 2.24. The van der Waals surface area contributed by atoms with E-state index in [0.29, 0.717) is 23.1 Å². The normalized spacial score (nSPS) is 11.2. The molecule has 0 aliphatic rings. The van der Waals surface area contributed by atoms with Gasteiger partial charge in [-0.3, -0.25) is 4.79 Å². The summed E-state index contributed by atoms with van der Waals surface area (Å²) in [5.74, 6) is 1.14. The van der Waals surface area contributed by atoms with E-state index >= 15 is 0 Å². The van der Waals surface area contributed by atoms with Crippen molar-refractivity contribution in [2.75, 3.05) is 10.6 Å². The lowest BCUT2D eigenvalue weighted by Gasteiger charge is -2.20. The molecule has 2 aromatic rings. The molecule has 2 aromatic heterocycles. The molecule has 0 aliphatic heterocycles. The van der Waals surface area contributed by atoms with Gasteiger partial charge in [0.15, 0.2) is 5.82 Å². The Balaban J connectivity index is 2.04. The molecule has 0 aliphatic carbocycles. The first-order valence-electron chi connectivity index (χ1n) is 6.18. The Kier molecular flexibility index (Phi) is 3.69. The molecule has 1 amide bonds. The number of hydrogen-bond acceptors (Lipinski definition) is 6. The fourth-order valence-electron chi connectivity index (χ4n) is 1.46. The zero-order valence-electron chi connectivity index (χ0n) is 11.9. The molecule has 0 unspecified atom stereocenters. The largest absolute Gasteiger partial charge is 0.360 e. The van der Waals surface area contributed by atoms with Gasteiger partial charge in [-0.1, -0.05) is 5.16 Å². The van der Waals surface area contributed by atoms with Crippen LogP contribution >= 0.6 is 0 Å². The molecule has 0 atom stereocenters. The summed E-state index contributed by atoms with van der Waals surface area (Å²) in [6.07, 6.45) is 2.92. The molecule has 2 N–H and O–H groups in total. The van der Waals surface area contributed by atoms with Crippen molar-refractivity contribution in [3.05, 3.63) is 29.8 Å². The summed E-state index contributed by atoms with van der Waals surface area (Å²) in [4.78, 5) is 20.1. The van der Waals surface area contributed by atoms with Crippen molar-refractivity contribution in [1.82, 2.24) is 15.1 Å². The molecule has 0 saturated carbocycles. The number of anilines is 2. The van der Waals surface area contributed by atoms with Crippen LogP contribution in [0.25, 0.3) is 0 Å². The van der Waals surface area contributed by atoms with Crippen LogP contribution in [0.2, 0.25) is 0 Å². The number of rotatable bonds is 3. The number of nitrogens with one attached hydrogen (secondary N) is 2. The van der Waals surface area contributed by atoms with Crippen LogP contribution < -0.4 is 10.6 Å². The third kappa shape index (κ3) is 3.78. The van der Waals surface area contributed by atoms with E-state index in [1.807, 2.05) is 20.8 Å². The second-order valence-electron chi connectivity index (χ2n) is 5.45. The Hall–Kier alpha value is -2.44. The highest BCUT2D eigenvalue weighted by molar-refractivity contribution is 6.03. The van der Waals surface area contributed by atoms with Gasteiger partial charge >= 0.3 is 0 Å². The lowest BCUT2D eigenvalue weighted by Crippen LogP contribution is -2.27. The number of amides is 1. The topological polar surface area (TPSA) is 92.9 Å². The van der Waals surface area contributed by atoms with E-state index in [9.17, 15) is 4.79 Å². The molecule has 2 rings (SSSR count). The van der Waals surface area contributed by atoms with Crippen LogP contribution in [-0.2, 0) is 0 Å². The van der Waals surface area contributed by atoms with Gasteiger partial charge < -0.3 is 15.2 Å². The van der Waals surface area contributed by atoms with Crippen molar-refractivity contribution >= 4 is 17.7 Å². The lowest BCUT2D eigenvalue weighted by atomic mass is 10.1. The first-order valence-corrected chi connectivity index (χ1v) is 6.18. The minimum Gasteiger partial charge on any atom is -0.360 e. The minimum absolute atomic E-state index is 0.137. The number of aromatic nitrogens is 3. The van der Waals surface area contributed by atoms with E-state index in [2.05, 4.69) is 25.8 Å². The summed E-state index contributed by atoms with van der Waals surface area (Å²) in [6, 6.07) is 1.63. The van der Waals surface area contributed by atoms with Crippen LogP contribution in [0.15, 0.2) is 23.0 Å². The molecule has 0 saturated heterocycles. The van der Waals surface area contributed by atoms with Crippen LogP contribution in [0.3, 0.4) is 0 Å².